The van der Waals surface area contributed by atoms with E-state index in [9.17, 15) is 0 Å². The second-order valence-corrected chi connectivity index (χ2v) is 3.18. The summed E-state index contributed by atoms with van der Waals surface area (Å²) in [5, 5.41) is 6.50. The summed E-state index contributed by atoms with van der Waals surface area (Å²) >= 11 is 0. The van der Waals surface area contributed by atoms with E-state index in [0.717, 1.165) is 37.6 Å². The Hall–Kier alpha value is -1.16. The Kier molecular flexibility index (Phi) is 4.93. The first-order valence-corrected chi connectivity index (χ1v) is 5.06. The molecule has 0 amide bonds. The highest BCUT2D eigenvalue weighted by Crippen LogP contribution is 2.00. The number of rotatable bonds is 6. The monoisotopic (exact) mass is 194 g/mol. The Labute approximate surface area is 85.2 Å². The summed E-state index contributed by atoms with van der Waals surface area (Å²) in [7, 11) is 0. The maximum absolute atomic E-state index is 4.30. The van der Waals surface area contributed by atoms with E-state index in [0.29, 0.717) is 0 Å². The number of nitrogens with zero attached hydrogens (tertiary/aromatic N) is 2. The molecule has 78 valence electrons. The van der Waals surface area contributed by atoms with Gasteiger partial charge in [-0.15, -0.1) is 0 Å². The molecular formula is C10H18N4. The Morgan fingerprint density at radius 2 is 2.14 bits per heavy atom. The molecule has 2 N–H and O–H groups in total. The minimum absolute atomic E-state index is 0.862. The molecule has 0 aliphatic carbocycles. The zero-order valence-electron chi connectivity index (χ0n) is 8.88. The van der Waals surface area contributed by atoms with Crippen molar-refractivity contribution in [2.24, 2.45) is 0 Å². The van der Waals surface area contributed by atoms with Crippen molar-refractivity contribution in [2.75, 3.05) is 25.0 Å². The minimum Gasteiger partial charge on any atom is -0.369 e. The van der Waals surface area contributed by atoms with Crippen LogP contribution in [0.5, 0.6) is 0 Å². The van der Waals surface area contributed by atoms with Crippen LogP contribution in [0.2, 0.25) is 0 Å². The van der Waals surface area contributed by atoms with E-state index >= 15 is 0 Å². The van der Waals surface area contributed by atoms with Crippen molar-refractivity contribution in [1.29, 1.82) is 0 Å². The van der Waals surface area contributed by atoms with Gasteiger partial charge in [-0.1, -0.05) is 6.92 Å². The van der Waals surface area contributed by atoms with Crippen LogP contribution in [0.15, 0.2) is 12.4 Å². The predicted molar refractivity (Wildman–Crippen MR) is 58.4 cm³/mol. The van der Waals surface area contributed by atoms with Crippen LogP contribution < -0.4 is 10.6 Å². The molecule has 0 aliphatic heterocycles. The number of nitrogens with one attached hydrogen (secondary N) is 2. The molecule has 0 aliphatic rings. The van der Waals surface area contributed by atoms with Gasteiger partial charge in [-0.05, 0) is 26.4 Å². The van der Waals surface area contributed by atoms with Crippen LogP contribution in [0.3, 0.4) is 0 Å². The van der Waals surface area contributed by atoms with Crippen LogP contribution >= 0.6 is 0 Å². The lowest BCUT2D eigenvalue weighted by atomic mass is 10.4. The number of anilines is 1. The summed E-state index contributed by atoms with van der Waals surface area (Å²) in [5.41, 5.74) is 0.946. The zero-order chi connectivity index (χ0) is 10.2. The van der Waals surface area contributed by atoms with Gasteiger partial charge in [0, 0.05) is 12.7 Å². The number of aromatic nitrogens is 2. The van der Waals surface area contributed by atoms with E-state index in [-0.39, 0.29) is 0 Å². The van der Waals surface area contributed by atoms with Gasteiger partial charge in [-0.3, -0.25) is 4.98 Å². The minimum atomic E-state index is 0.862. The van der Waals surface area contributed by atoms with Crippen molar-refractivity contribution in [1.82, 2.24) is 15.3 Å². The third-order valence-electron chi connectivity index (χ3n) is 1.84. The van der Waals surface area contributed by atoms with E-state index in [4.69, 9.17) is 0 Å². The summed E-state index contributed by atoms with van der Waals surface area (Å²) < 4.78 is 0. The topological polar surface area (TPSA) is 49.8 Å². The molecule has 0 saturated heterocycles. The Balaban J connectivity index is 2.18. The second kappa shape index (κ2) is 6.32. The van der Waals surface area contributed by atoms with Gasteiger partial charge < -0.3 is 10.6 Å². The maximum atomic E-state index is 4.30. The SMILES string of the molecule is CCNCCCNc1cncc(C)n1. The van der Waals surface area contributed by atoms with E-state index < -0.39 is 0 Å². The van der Waals surface area contributed by atoms with Crippen molar-refractivity contribution >= 4 is 5.82 Å². The molecule has 0 radical (unpaired) electrons. The van der Waals surface area contributed by atoms with Gasteiger partial charge in [0.1, 0.15) is 5.82 Å². The highest BCUT2D eigenvalue weighted by Gasteiger charge is 1.93. The fraction of sp³-hybridized carbons (Fsp3) is 0.600. The summed E-state index contributed by atoms with van der Waals surface area (Å²) in [6.07, 6.45) is 4.60. The second-order valence-electron chi connectivity index (χ2n) is 3.18. The van der Waals surface area contributed by atoms with Gasteiger partial charge in [0.15, 0.2) is 0 Å². The zero-order valence-corrected chi connectivity index (χ0v) is 8.88. The third kappa shape index (κ3) is 4.18. The van der Waals surface area contributed by atoms with Crippen molar-refractivity contribution in [2.45, 2.75) is 20.3 Å². The lowest BCUT2D eigenvalue weighted by Crippen LogP contribution is -2.17. The van der Waals surface area contributed by atoms with Gasteiger partial charge in [0.25, 0.3) is 0 Å². The molecule has 4 heteroatoms. The first-order chi connectivity index (χ1) is 6.83. The first-order valence-electron chi connectivity index (χ1n) is 5.06. The molecule has 1 aromatic heterocycles. The molecule has 0 aromatic carbocycles. The third-order valence-corrected chi connectivity index (χ3v) is 1.84. The number of aryl methyl sites for hydroxylation is 1. The predicted octanol–water partition coefficient (Wildman–Crippen LogP) is 1.20. The van der Waals surface area contributed by atoms with E-state index in [1.807, 2.05) is 6.92 Å². The van der Waals surface area contributed by atoms with Crippen LogP contribution in [-0.4, -0.2) is 29.6 Å². The van der Waals surface area contributed by atoms with Crippen LogP contribution in [0.1, 0.15) is 19.0 Å². The van der Waals surface area contributed by atoms with Gasteiger partial charge in [0.2, 0.25) is 0 Å². The standard InChI is InChI=1S/C10H18N4/c1-3-11-5-4-6-13-10-8-12-7-9(2)14-10/h7-8,11H,3-6H2,1-2H3,(H,13,14). The molecule has 4 nitrogen and oxygen atoms in total. The normalized spacial score (nSPS) is 10.1. The first kappa shape index (κ1) is 10.9. The van der Waals surface area contributed by atoms with Gasteiger partial charge >= 0.3 is 0 Å². The summed E-state index contributed by atoms with van der Waals surface area (Å²) in [6, 6.07) is 0. The highest BCUT2D eigenvalue weighted by atomic mass is 15.0. The fourth-order valence-corrected chi connectivity index (χ4v) is 1.16. The molecule has 0 fully saturated rings. The molecule has 1 heterocycles. The lowest BCUT2D eigenvalue weighted by molar-refractivity contribution is 0.688. The molecule has 0 unspecified atom stereocenters. The van der Waals surface area contributed by atoms with Crippen LogP contribution in [0, 0.1) is 6.92 Å². The smallest absolute Gasteiger partial charge is 0.144 e. The Morgan fingerprint density at radius 1 is 1.29 bits per heavy atom. The molecule has 14 heavy (non-hydrogen) atoms. The Bertz CT molecular complexity index is 262. The van der Waals surface area contributed by atoms with Crippen molar-refractivity contribution in [3.05, 3.63) is 18.1 Å². The molecular weight excluding hydrogens is 176 g/mol. The largest absolute Gasteiger partial charge is 0.369 e. The average molecular weight is 194 g/mol. The number of hydrogen-bond donors (Lipinski definition) is 2. The fourth-order valence-electron chi connectivity index (χ4n) is 1.16. The highest BCUT2D eigenvalue weighted by molar-refractivity contribution is 5.31. The lowest BCUT2D eigenvalue weighted by Gasteiger charge is -2.05. The molecule has 0 saturated carbocycles. The number of hydrogen-bond acceptors (Lipinski definition) is 4. The quantitative estimate of drug-likeness (QED) is 0.668. The van der Waals surface area contributed by atoms with Crippen molar-refractivity contribution < 1.29 is 0 Å². The summed E-state index contributed by atoms with van der Waals surface area (Å²) in [4.78, 5) is 8.36. The Morgan fingerprint density at radius 3 is 2.86 bits per heavy atom. The van der Waals surface area contributed by atoms with Gasteiger partial charge in [0.05, 0.1) is 11.9 Å². The van der Waals surface area contributed by atoms with E-state index in [1.165, 1.54) is 0 Å². The molecule has 1 rings (SSSR count). The van der Waals surface area contributed by atoms with E-state index in [2.05, 4.69) is 27.5 Å². The average Bonchev–Trinajstić information content (AvgIpc) is 2.18. The maximum Gasteiger partial charge on any atom is 0.144 e. The van der Waals surface area contributed by atoms with Crippen LogP contribution in [0.4, 0.5) is 5.82 Å². The summed E-state index contributed by atoms with van der Waals surface area (Å²) in [6.45, 7) is 7.06. The van der Waals surface area contributed by atoms with E-state index in [1.54, 1.807) is 12.4 Å². The van der Waals surface area contributed by atoms with Gasteiger partial charge in [-0.2, -0.15) is 0 Å². The van der Waals surface area contributed by atoms with Crippen molar-refractivity contribution in [3.8, 4) is 0 Å². The molecule has 0 atom stereocenters. The molecule has 0 bridgehead atoms. The van der Waals surface area contributed by atoms with Crippen LogP contribution in [0.25, 0.3) is 0 Å². The van der Waals surface area contributed by atoms with Crippen molar-refractivity contribution in [3.63, 3.8) is 0 Å². The van der Waals surface area contributed by atoms with Crippen LogP contribution in [-0.2, 0) is 0 Å². The van der Waals surface area contributed by atoms with Gasteiger partial charge in [-0.25, -0.2) is 4.98 Å². The summed E-state index contributed by atoms with van der Waals surface area (Å²) in [5.74, 6) is 0.862. The molecule has 1 aromatic rings. The molecule has 0 spiro atoms.